The van der Waals surface area contributed by atoms with E-state index in [0.717, 1.165) is 13.0 Å². The highest BCUT2D eigenvalue weighted by Crippen LogP contribution is 2.10. The Hall–Kier alpha value is -1.68. The van der Waals surface area contributed by atoms with E-state index in [1.165, 1.54) is 6.92 Å². The number of nitrogens with one attached hydrogen (secondary N) is 2. The maximum atomic E-state index is 11.5. The lowest BCUT2D eigenvalue weighted by Gasteiger charge is -2.06. The van der Waals surface area contributed by atoms with Crippen molar-refractivity contribution in [2.24, 2.45) is 0 Å². The van der Waals surface area contributed by atoms with Crippen LogP contribution in [-0.4, -0.2) is 24.8 Å². The second-order valence-electron chi connectivity index (χ2n) is 3.86. The molecule has 0 aliphatic rings. The maximum absolute atomic E-state index is 11.5. The van der Waals surface area contributed by atoms with Crippen molar-refractivity contribution in [2.75, 3.05) is 18.4 Å². The number of ketones is 1. The second kappa shape index (κ2) is 6.81. The number of carbonyl (C=O) groups excluding carboxylic acids is 2. The molecular weight excluding hydrogens is 216 g/mol. The van der Waals surface area contributed by atoms with Crippen LogP contribution >= 0.6 is 0 Å². The van der Waals surface area contributed by atoms with E-state index in [1.807, 2.05) is 6.92 Å². The lowest BCUT2D eigenvalue weighted by atomic mass is 10.1. The largest absolute Gasteiger partial charge is 0.325 e. The van der Waals surface area contributed by atoms with Crippen LogP contribution in [0.1, 0.15) is 30.6 Å². The third-order valence-corrected chi connectivity index (χ3v) is 2.27. The van der Waals surface area contributed by atoms with Crippen LogP contribution in [0.25, 0.3) is 0 Å². The molecule has 0 fully saturated rings. The topological polar surface area (TPSA) is 58.2 Å². The summed E-state index contributed by atoms with van der Waals surface area (Å²) in [4.78, 5) is 22.7. The van der Waals surface area contributed by atoms with Crippen LogP contribution in [0.3, 0.4) is 0 Å². The number of carbonyl (C=O) groups is 2. The number of Topliss-reactive ketones (excluding diaryl/α,β-unsaturated/α-hetero) is 1. The summed E-state index contributed by atoms with van der Waals surface area (Å²) >= 11 is 0. The summed E-state index contributed by atoms with van der Waals surface area (Å²) < 4.78 is 0. The molecule has 1 aromatic carbocycles. The Kier molecular flexibility index (Phi) is 5.36. The summed E-state index contributed by atoms with van der Waals surface area (Å²) in [7, 11) is 0. The Morgan fingerprint density at radius 2 is 2.06 bits per heavy atom. The van der Waals surface area contributed by atoms with E-state index in [9.17, 15) is 9.59 Å². The molecule has 0 atom stereocenters. The first-order chi connectivity index (χ1) is 8.13. The molecule has 0 aliphatic carbocycles. The van der Waals surface area contributed by atoms with E-state index in [-0.39, 0.29) is 18.2 Å². The average Bonchev–Trinajstić information content (AvgIpc) is 2.29. The van der Waals surface area contributed by atoms with Crippen molar-refractivity contribution in [3.63, 3.8) is 0 Å². The normalized spacial score (nSPS) is 10.0. The summed E-state index contributed by atoms with van der Waals surface area (Å²) in [5, 5.41) is 5.76. The van der Waals surface area contributed by atoms with Gasteiger partial charge in [0.1, 0.15) is 0 Å². The number of amides is 1. The van der Waals surface area contributed by atoms with Crippen LogP contribution in [0.2, 0.25) is 0 Å². The van der Waals surface area contributed by atoms with Gasteiger partial charge in [0.25, 0.3) is 0 Å². The van der Waals surface area contributed by atoms with Crippen LogP contribution in [-0.2, 0) is 4.79 Å². The molecule has 4 nitrogen and oxygen atoms in total. The Balaban J connectivity index is 2.53. The van der Waals surface area contributed by atoms with Crippen LogP contribution in [0.15, 0.2) is 24.3 Å². The SMILES string of the molecule is CCCNCC(=O)Nc1cccc(C(C)=O)c1. The van der Waals surface area contributed by atoms with Gasteiger partial charge in [-0.1, -0.05) is 19.1 Å². The zero-order valence-corrected chi connectivity index (χ0v) is 10.2. The molecule has 2 N–H and O–H groups in total. The van der Waals surface area contributed by atoms with Gasteiger partial charge in [0.15, 0.2) is 5.78 Å². The van der Waals surface area contributed by atoms with Gasteiger partial charge >= 0.3 is 0 Å². The molecule has 0 aliphatic heterocycles. The van der Waals surface area contributed by atoms with Gasteiger partial charge in [-0.3, -0.25) is 9.59 Å². The quantitative estimate of drug-likeness (QED) is 0.583. The number of rotatable bonds is 6. The second-order valence-corrected chi connectivity index (χ2v) is 3.86. The Morgan fingerprint density at radius 1 is 1.29 bits per heavy atom. The smallest absolute Gasteiger partial charge is 0.238 e. The highest BCUT2D eigenvalue weighted by Gasteiger charge is 2.03. The van der Waals surface area contributed by atoms with Gasteiger partial charge in [0.2, 0.25) is 5.91 Å². The van der Waals surface area contributed by atoms with Crippen LogP contribution < -0.4 is 10.6 Å². The molecule has 4 heteroatoms. The molecule has 1 aromatic rings. The van der Waals surface area contributed by atoms with Gasteiger partial charge in [-0.15, -0.1) is 0 Å². The Bertz CT molecular complexity index is 402. The van der Waals surface area contributed by atoms with Gasteiger partial charge in [-0.2, -0.15) is 0 Å². The fourth-order valence-electron chi connectivity index (χ4n) is 1.40. The maximum Gasteiger partial charge on any atom is 0.238 e. The molecule has 0 saturated carbocycles. The summed E-state index contributed by atoms with van der Waals surface area (Å²) in [6.45, 7) is 4.66. The van der Waals surface area contributed by atoms with E-state index in [2.05, 4.69) is 10.6 Å². The fourth-order valence-corrected chi connectivity index (χ4v) is 1.40. The van der Waals surface area contributed by atoms with Gasteiger partial charge in [-0.05, 0) is 32.0 Å². The van der Waals surface area contributed by atoms with Gasteiger partial charge in [0.05, 0.1) is 6.54 Å². The monoisotopic (exact) mass is 234 g/mol. The lowest BCUT2D eigenvalue weighted by Crippen LogP contribution is -2.28. The number of anilines is 1. The van der Waals surface area contributed by atoms with Gasteiger partial charge in [-0.25, -0.2) is 0 Å². The van der Waals surface area contributed by atoms with E-state index in [1.54, 1.807) is 24.3 Å². The zero-order chi connectivity index (χ0) is 12.7. The molecule has 0 radical (unpaired) electrons. The Morgan fingerprint density at radius 3 is 2.71 bits per heavy atom. The average molecular weight is 234 g/mol. The molecule has 1 amide bonds. The van der Waals surface area contributed by atoms with Gasteiger partial charge in [0, 0.05) is 11.3 Å². The highest BCUT2D eigenvalue weighted by atomic mass is 16.2. The van der Waals surface area contributed by atoms with Crippen molar-refractivity contribution in [3.05, 3.63) is 29.8 Å². The summed E-state index contributed by atoms with van der Waals surface area (Å²) in [5.74, 6) is -0.107. The Labute approximate surface area is 101 Å². The van der Waals surface area contributed by atoms with Crippen molar-refractivity contribution < 1.29 is 9.59 Å². The number of benzene rings is 1. The minimum Gasteiger partial charge on any atom is -0.325 e. The predicted molar refractivity (Wildman–Crippen MR) is 68.2 cm³/mol. The van der Waals surface area contributed by atoms with Crippen molar-refractivity contribution in [1.29, 1.82) is 0 Å². The van der Waals surface area contributed by atoms with Crippen LogP contribution in [0.5, 0.6) is 0 Å². The minimum absolute atomic E-state index is 0.00907. The van der Waals surface area contributed by atoms with E-state index in [0.29, 0.717) is 11.3 Å². The first-order valence-electron chi connectivity index (χ1n) is 5.75. The van der Waals surface area contributed by atoms with Crippen molar-refractivity contribution in [1.82, 2.24) is 5.32 Å². The molecule has 17 heavy (non-hydrogen) atoms. The van der Waals surface area contributed by atoms with Crippen molar-refractivity contribution in [2.45, 2.75) is 20.3 Å². The van der Waals surface area contributed by atoms with E-state index in [4.69, 9.17) is 0 Å². The summed E-state index contributed by atoms with van der Waals surface area (Å²) in [6.07, 6.45) is 0.993. The molecule has 0 bridgehead atoms. The molecule has 0 saturated heterocycles. The molecule has 0 aromatic heterocycles. The van der Waals surface area contributed by atoms with Crippen LogP contribution in [0, 0.1) is 0 Å². The highest BCUT2D eigenvalue weighted by molar-refractivity contribution is 5.97. The molecule has 0 spiro atoms. The predicted octanol–water partition coefficient (Wildman–Crippen LogP) is 1.83. The van der Waals surface area contributed by atoms with E-state index >= 15 is 0 Å². The standard InChI is InChI=1S/C13H18N2O2/c1-3-7-14-9-13(17)15-12-6-4-5-11(8-12)10(2)16/h4-6,8,14H,3,7,9H2,1-2H3,(H,15,17). The fraction of sp³-hybridized carbons (Fsp3) is 0.385. The first-order valence-corrected chi connectivity index (χ1v) is 5.75. The summed E-state index contributed by atoms with van der Waals surface area (Å²) in [5.41, 5.74) is 1.25. The number of hydrogen-bond donors (Lipinski definition) is 2. The molecule has 0 heterocycles. The van der Waals surface area contributed by atoms with Crippen LogP contribution in [0.4, 0.5) is 5.69 Å². The van der Waals surface area contributed by atoms with Crippen molar-refractivity contribution >= 4 is 17.4 Å². The summed E-state index contributed by atoms with van der Waals surface area (Å²) in [6, 6.07) is 6.93. The third kappa shape index (κ3) is 4.78. The third-order valence-electron chi connectivity index (χ3n) is 2.27. The molecule has 1 rings (SSSR count). The first kappa shape index (κ1) is 13.4. The molecule has 0 unspecified atom stereocenters. The molecular formula is C13H18N2O2. The zero-order valence-electron chi connectivity index (χ0n) is 10.2. The van der Waals surface area contributed by atoms with Crippen molar-refractivity contribution in [3.8, 4) is 0 Å². The van der Waals surface area contributed by atoms with E-state index < -0.39 is 0 Å². The minimum atomic E-state index is -0.0980. The van der Waals surface area contributed by atoms with Gasteiger partial charge < -0.3 is 10.6 Å². The lowest BCUT2D eigenvalue weighted by molar-refractivity contribution is -0.115. The number of hydrogen-bond acceptors (Lipinski definition) is 3. The molecule has 92 valence electrons.